The van der Waals surface area contributed by atoms with Gasteiger partial charge in [-0.05, 0) is 118 Å². The van der Waals surface area contributed by atoms with Crippen LogP contribution < -0.4 is 0 Å². The van der Waals surface area contributed by atoms with E-state index in [9.17, 15) is 4.79 Å². The van der Waals surface area contributed by atoms with E-state index in [4.69, 9.17) is 0 Å². The van der Waals surface area contributed by atoms with Crippen LogP contribution in [0.4, 0.5) is 0 Å². The fraction of sp³-hybridized carbons (Fsp3) is 0.567. The number of unbranched alkanes of at least 4 members (excludes halogenated alkanes) is 2. The second-order valence-electron chi connectivity index (χ2n) is 10.9. The van der Waals surface area contributed by atoms with Crippen molar-refractivity contribution in [2.24, 2.45) is 10.8 Å². The van der Waals surface area contributed by atoms with Crippen molar-refractivity contribution in [2.45, 2.75) is 96.3 Å². The van der Waals surface area contributed by atoms with Gasteiger partial charge in [0.05, 0.1) is 0 Å². The van der Waals surface area contributed by atoms with Crippen molar-refractivity contribution in [2.75, 3.05) is 0 Å². The number of aldehydes is 1. The molecule has 3 fully saturated rings. The minimum atomic E-state index is 0.265. The van der Waals surface area contributed by atoms with Crippen LogP contribution >= 0.6 is 0 Å². The number of allylic oxidation sites excluding steroid dienone is 3. The first kappa shape index (κ1) is 22.3. The maximum Gasteiger partial charge on any atom is 0.119 e. The summed E-state index contributed by atoms with van der Waals surface area (Å²) in [6, 6.07) is 4.71. The maximum atomic E-state index is 10.6. The minimum Gasteiger partial charge on any atom is -0.303 e. The molecule has 3 aliphatic rings. The predicted octanol–water partition coefficient (Wildman–Crippen LogP) is 7.89. The van der Waals surface area contributed by atoms with Crippen LogP contribution in [0.25, 0.3) is 0 Å². The van der Waals surface area contributed by atoms with Gasteiger partial charge in [0.25, 0.3) is 0 Å². The number of carbonyl (C=O) groups excluding carboxylic acids is 1. The lowest BCUT2D eigenvalue weighted by atomic mass is 9.57. The number of carbonyl (C=O) groups is 1. The van der Waals surface area contributed by atoms with Crippen LogP contribution in [-0.4, -0.2) is 6.29 Å². The second-order valence-corrected chi connectivity index (χ2v) is 10.9. The number of aryl methyl sites for hydroxylation is 1. The molecule has 1 spiro atoms. The van der Waals surface area contributed by atoms with Gasteiger partial charge in [-0.1, -0.05) is 42.5 Å². The predicted molar refractivity (Wildman–Crippen MR) is 131 cm³/mol. The van der Waals surface area contributed by atoms with E-state index in [-0.39, 0.29) is 5.41 Å². The van der Waals surface area contributed by atoms with Crippen LogP contribution in [0.2, 0.25) is 0 Å². The van der Waals surface area contributed by atoms with Crippen LogP contribution in [0.1, 0.15) is 92.9 Å². The highest BCUT2D eigenvalue weighted by atomic mass is 16.1. The van der Waals surface area contributed by atoms with E-state index in [0.29, 0.717) is 17.3 Å². The van der Waals surface area contributed by atoms with Crippen molar-refractivity contribution in [3.05, 3.63) is 71.3 Å². The van der Waals surface area contributed by atoms with Crippen LogP contribution in [0, 0.1) is 24.7 Å². The first-order chi connectivity index (χ1) is 14.8. The van der Waals surface area contributed by atoms with Crippen molar-refractivity contribution in [1.29, 1.82) is 0 Å². The quantitative estimate of drug-likeness (QED) is 0.215. The summed E-state index contributed by atoms with van der Waals surface area (Å²) in [4.78, 5) is 10.6. The molecule has 3 unspecified atom stereocenters. The van der Waals surface area contributed by atoms with Crippen LogP contribution in [-0.2, 0) is 16.6 Å². The molecule has 3 aliphatic carbocycles. The highest BCUT2D eigenvalue weighted by Gasteiger charge is 2.79. The van der Waals surface area contributed by atoms with Crippen molar-refractivity contribution < 1.29 is 4.79 Å². The van der Waals surface area contributed by atoms with Crippen LogP contribution in [0.3, 0.4) is 0 Å². The molecule has 0 aliphatic heterocycles. The lowest BCUT2D eigenvalue weighted by Crippen LogP contribution is -2.40. The van der Waals surface area contributed by atoms with E-state index >= 15 is 0 Å². The molecule has 0 heterocycles. The Morgan fingerprint density at radius 1 is 1.16 bits per heavy atom. The van der Waals surface area contributed by atoms with E-state index < -0.39 is 0 Å². The Hall–Kier alpha value is -1.89. The molecule has 3 saturated carbocycles. The normalized spacial score (nSPS) is 31.1. The first-order valence-electron chi connectivity index (χ1n) is 12.3. The molecule has 1 aromatic rings. The fourth-order valence-corrected chi connectivity index (χ4v) is 7.86. The summed E-state index contributed by atoms with van der Waals surface area (Å²) in [6.07, 6.45) is 16.8. The SMILES string of the molecule is C=CCC12CCC3(c4c(C)ccc(CC(=C)CCCCC=O)c4C)CC(=C)CCC13C2. The van der Waals surface area contributed by atoms with Gasteiger partial charge in [0.2, 0.25) is 0 Å². The molecule has 0 bridgehead atoms. The highest BCUT2D eigenvalue weighted by Crippen LogP contribution is 2.86. The Morgan fingerprint density at radius 3 is 2.71 bits per heavy atom. The topological polar surface area (TPSA) is 17.1 Å². The molecule has 1 heteroatoms. The summed E-state index contributed by atoms with van der Waals surface area (Å²) in [5.74, 6) is 0. The van der Waals surface area contributed by atoms with Crippen molar-refractivity contribution in [3.8, 4) is 0 Å². The van der Waals surface area contributed by atoms with Gasteiger partial charge in [-0.15, -0.1) is 6.58 Å². The monoisotopic (exact) mass is 416 g/mol. The number of benzene rings is 1. The molecule has 0 radical (unpaired) electrons. The zero-order valence-electron chi connectivity index (χ0n) is 19.8. The molecule has 0 saturated heterocycles. The van der Waals surface area contributed by atoms with E-state index in [1.807, 2.05) is 0 Å². The zero-order valence-corrected chi connectivity index (χ0v) is 19.8. The first-order valence-corrected chi connectivity index (χ1v) is 12.3. The summed E-state index contributed by atoms with van der Waals surface area (Å²) in [7, 11) is 0. The van der Waals surface area contributed by atoms with Crippen molar-refractivity contribution >= 4 is 6.29 Å². The summed E-state index contributed by atoms with van der Waals surface area (Å²) in [5.41, 5.74) is 10.0. The molecule has 0 aromatic heterocycles. The summed E-state index contributed by atoms with van der Waals surface area (Å²) >= 11 is 0. The fourth-order valence-electron chi connectivity index (χ4n) is 7.86. The maximum absolute atomic E-state index is 10.6. The van der Waals surface area contributed by atoms with Gasteiger partial charge in [-0.3, -0.25) is 0 Å². The Bertz CT molecular complexity index is 921. The van der Waals surface area contributed by atoms with Gasteiger partial charge in [0.15, 0.2) is 0 Å². The smallest absolute Gasteiger partial charge is 0.119 e. The Labute approximate surface area is 189 Å². The van der Waals surface area contributed by atoms with E-state index in [1.165, 1.54) is 72.8 Å². The summed E-state index contributed by atoms with van der Waals surface area (Å²) < 4.78 is 0. The van der Waals surface area contributed by atoms with E-state index in [2.05, 4.69) is 51.8 Å². The largest absolute Gasteiger partial charge is 0.303 e. The minimum absolute atomic E-state index is 0.265. The lowest BCUT2D eigenvalue weighted by molar-refractivity contribution is -0.107. The third kappa shape index (κ3) is 3.40. The third-order valence-corrected chi connectivity index (χ3v) is 9.28. The van der Waals surface area contributed by atoms with E-state index in [0.717, 1.165) is 32.0 Å². The lowest BCUT2D eigenvalue weighted by Gasteiger charge is -2.46. The second kappa shape index (κ2) is 8.23. The van der Waals surface area contributed by atoms with Gasteiger partial charge < -0.3 is 4.79 Å². The van der Waals surface area contributed by atoms with Gasteiger partial charge in [-0.2, -0.15) is 0 Å². The Morgan fingerprint density at radius 2 is 1.97 bits per heavy atom. The molecule has 4 rings (SSSR count). The van der Waals surface area contributed by atoms with Crippen LogP contribution in [0.5, 0.6) is 0 Å². The molecule has 1 aromatic carbocycles. The van der Waals surface area contributed by atoms with Gasteiger partial charge >= 0.3 is 0 Å². The van der Waals surface area contributed by atoms with Crippen molar-refractivity contribution in [1.82, 2.24) is 0 Å². The molecule has 1 nitrogen and oxygen atoms in total. The molecule has 166 valence electrons. The zero-order chi connectivity index (χ0) is 22.3. The number of rotatable bonds is 10. The molecular formula is C30H40O. The van der Waals surface area contributed by atoms with Gasteiger partial charge in [-0.25, -0.2) is 0 Å². The standard InChI is InChI=1S/C30H40O/c1-6-14-28-16-17-29(20-23(3)13-15-30(28,29)21-28)27-24(4)11-12-26(25(27)5)19-22(2)10-8-7-9-18-31/h6,11-12,18H,1-3,7-10,13-17,19-21H2,4-5H3. The number of hydrogen-bond donors (Lipinski definition) is 0. The number of hydrogen-bond acceptors (Lipinski definition) is 1. The van der Waals surface area contributed by atoms with Crippen molar-refractivity contribution in [3.63, 3.8) is 0 Å². The van der Waals surface area contributed by atoms with Gasteiger partial charge in [0, 0.05) is 11.8 Å². The summed E-state index contributed by atoms with van der Waals surface area (Å²) in [6.45, 7) is 17.7. The highest BCUT2D eigenvalue weighted by molar-refractivity contribution is 5.53. The average molecular weight is 417 g/mol. The average Bonchev–Trinajstić information content (AvgIpc) is 3.29. The molecule has 0 amide bonds. The molecular weight excluding hydrogens is 376 g/mol. The Kier molecular flexibility index (Phi) is 5.92. The molecule has 3 atom stereocenters. The molecule has 0 N–H and O–H groups in total. The van der Waals surface area contributed by atoms with Crippen LogP contribution in [0.15, 0.2) is 49.1 Å². The summed E-state index contributed by atoms with van der Waals surface area (Å²) in [5, 5.41) is 0. The molecule has 31 heavy (non-hydrogen) atoms. The van der Waals surface area contributed by atoms with E-state index in [1.54, 1.807) is 5.56 Å². The van der Waals surface area contributed by atoms with Gasteiger partial charge in [0.1, 0.15) is 6.29 Å². The Balaban J connectivity index is 1.67. The third-order valence-electron chi connectivity index (χ3n) is 9.28.